The van der Waals surface area contributed by atoms with E-state index in [0.29, 0.717) is 85.0 Å². The Balaban J connectivity index is 1.83. The first-order valence-electron chi connectivity index (χ1n) is 11.5. The summed E-state index contributed by atoms with van der Waals surface area (Å²) in [6.45, 7) is 6.04. The van der Waals surface area contributed by atoms with Crippen molar-refractivity contribution < 1.29 is 47.5 Å². The maximum Gasteiger partial charge on any atom is 0.404 e. The summed E-state index contributed by atoms with van der Waals surface area (Å²) in [6, 6.07) is 6.57. The molecule has 12 nitrogen and oxygen atoms in total. The number of carbonyl (C=O) groups excluding carboxylic acids is 2. The Morgan fingerprint density at radius 1 is 0.629 bits per heavy atom. The first-order chi connectivity index (χ1) is 17.1. The Morgan fingerprint density at radius 3 is 1.49 bits per heavy atom. The van der Waals surface area contributed by atoms with Crippen molar-refractivity contribution in [2.75, 3.05) is 85.8 Å². The van der Waals surface area contributed by atoms with Gasteiger partial charge in [0.2, 0.25) is 0 Å². The molecule has 0 radical (unpaired) electrons. The lowest BCUT2D eigenvalue weighted by atomic mass is 10.2. The van der Waals surface area contributed by atoms with Crippen LogP contribution in [0.1, 0.15) is 12.0 Å². The van der Waals surface area contributed by atoms with E-state index in [-0.39, 0.29) is 19.6 Å². The molecule has 1 amide bonds. The van der Waals surface area contributed by atoms with Crippen molar-refractivity contribution in [1.82, 2.24) is 0 Å². The zero-order valence-electron chi connectivity index (χ0n) is 20.2. The van der Waals surface area contributed by atoms with Gasteiger partial charge in [0.1, 0.15) is 12.4 Å². The van der Waals surface area contributed by atoms with Crippen LogP contribution in [0.25, 0.3) is 0 Å². The van der Waals surface area contributed by atoms with Crippen LogP contribution in [-0.4, -0.2) is 97.9 Å². The average Bonchev–Trinajstić information content (AvgIpc) is 2.85. The van der Waals surface area contributed by atoms with Gasteiger partial charge >= 0.3 is 12.1 Å². The van der Waals surface area contributed by atoms with Gasteiger partial charge in [-0.15, -0.1) is 0 Å². The summed E-state index contributed by atoms with van der Waals surface area (Å²) in [5, 5.41) is 0. The summed E-state index contributed by atoms with van der Waals surface area (Å²) in [5.74, 6) is -0.0187. The van der Waals surface area contributed by atoms with Gasteiger partial charge in [-0.1, -0.05) is 12.1 Å². The molecule has 0 heterocycles. The third-order valence-electron chi connectivity index (χ3n) is 4.11. The summed E-state index contributed by atoms with van der Waals surface area (Å²) in [4.78, 5) is 22.4. The molecule has 0 atom stereocenters. The summed E-state index contributed by atoms with van der Waals surface area (Å²) < 4.78 is 41.9. The summed E-state index contributed by atoms with van der Waals surface area (Å²) >= 11 is 0. The molecule has 0 aliphatic carbocycles. The van der Waals surface area contributed by atoms with E-state index in [4.69, 9.17) is 44.6 Å². The van der Waals surface area contributed by atoms with Crippen molar-refractivity contribution >= 4 is 12.1 Å². The number of carbonyl (C=O) groups is 2. The molecule has 1 aromatic rings. The normalized spacial score (nSPS) is 10.9. The smallest absolute Gasteiger partial charge is 0.404 e. The number of ether oxygens (including phenoxy) is 8. The minimum Gasteiger partial charge on any atom is -0.445 e. The molecule has 0 aliphatic rings. The van der Waals surface area contributed by atoms with Gasteiger partial charge < -0.3 is 49.4 Å². The van der Waals surface area contributed by atoms with Crippen LogP contribution in [0.3, 0.4) is 0 Å². The average molecular weight is 503 g/mol. The molecule has 0 saturated carbocycles. The molecule has 200 valence electrons. The van der Waals surface area contributed by atoms with Gasteiger partial charge in [-0.25, -0.2) is 4.79 Å². The second-order valence-electron chi connectivity index (χ2n) is 6.94. The fourth-order valence-electron chi connectivity index (χ4n) is 2.43. The molecule has 1 aromatic carbocycles. The maximum absolute atomic E-state index is 11.8. The lowest BCUT2D eigenvalue weighted by molar-refractivity contribution is -0.135. The van der Waals surface area contributed by atoms with Crippen LogP contribution in [0.15, 0.2) is 24.3 Å². The summed E-state index contributed by atoms with van der Waals surface area (Å²) in [6.07, 6.45) is -0.734. The summed E-state index contributed by atoms with van der Waals surface area (Å²) in [7, 11) is 0. The van der Waals surface area contributed by atoms with Crippen LogP contribution in [0, 0.1) is 0 Å². The molecule has 4 N–H and O–H groups in total. The second-order valence-corrected chi connectivity index (χ2v) is 6.94. The minimum absolute atomic E-state index is 0.0589. The van der Waals surface area contributed by atoms with Gasteiger partial charge in [-0.3, -0.25) is 4.79 Å². The van der Waals surface area contributed by atoms with Crippen molar-refractivity contribution in [3.8, 4) is 5.75 Å². The Morgan fingerprint density at radius 2 is 1.06 bits per heavy atom. The van der Waals surface area contributed by atoms with Crippen LogP contribution in [-0.2, 0) is 44.6 Å². The number of benzene rings is 1. The molecule has 1 rings (SSSR count). The van der Waals surface area contributed by atoms with E-state index in [1.54, 1.807) is 24.3 Å². The van der Waals surface area contributed by atoms with E-state index >= 15 is 0 Å². The zero-order chi connectivity index (χ0) is 25.4. The van der Waals surface area contributed by atoms with Crippen LogP contribution < -0.4 is 16.2 Å². The van der Waals surface area contributed by atoms with Crippen molar-refractivity contribution in [1.29, 1.82) is 0 Å². The first-order valence-corrected chi connectivity index (χ1v) is 11.5. The van der Waals surface area contributed by atoms with E-state index in [1.807, 2.05) is 0 Å². The molecule has 35 heavy (non-hydrogen) atoms. The number of rotatable bonds is 23. The van der Waals surface area contributed by atoms with Gasteiger partial charge in [0, 0.05) is 6.54 Å². The zero-order valence-corrected chi connectivity index (χ0v) is 20.2. The molecular formula is C23H38N2O10. The Bertz CT molecular complexity index is 660. The fourth-order valence-corrected chi connectivity index (χ4v) is 2.43. The van der Waals surface area contributed by atoms with E-state index in [1.165, 1.54) is 0 Å². The van der Waals surface area contributed by atoms with Gasteiger partial charge in [-0.2, -0.15) is 0 Å². The van der Waals surface area contributed by atoms with Crippen LogP contribution in [0.2, 0.25) is 0 Å². The fraction of sp³-hybridized carbons (Fsp3) is 0.652. The van der Waals surface area contributed by atoms with Gasteiger partial charge in [0.25, 0.3) is 0 Å². The van der Waals surface area contributed by atoms with Crippen LogP contribution in [0.4, 0.5) is 4.79 Å². The third kappa shape index (κ3) is 19.7. The number of esters is 1. The SMILES string of the molecule is NCCOCCOCCOCCOCCOCCOCCC(=O)Oc1ccc(COC(N)=O)cc1. The number of amides is 1. The van der Waals surface area contributed by atoms with E-state index in [2.05, 4.69) is 4.74 Å². The number of hydrogen-bond acceptors (Lipinski definition) is 11. The highest BCUT2D eigenvalue weighted by Crippen LogP contribution is 2.13. The number of hydrogen-bond donors (Lipinski definition) is 2. The predicted molar refractivity (Wildman–Crippen MR) is 125 cm³/mol. The first kappa shape index (κ1) is 30.7. The highest BCUT2D eigenvalue weighted by molar-refractivity contribution is 5.72. The van der Waals surface area contributed by atoms with E-state index in [9.17, 15) is 9.59 Å². The molecule has 0 aliphatic heterocycles. The molecule has 0 fully saturated rings. The van der Waals surface area contributed by atoms with E-state index < -0.39 is 12.1 Å². The van der Waals surface area contributed by atoms with Gasteiger partial charge in [-0.05, 0) is 17.7 Å². The molecule has 0 saturated heterocycles. The molecule has 12 heteroatoms. The second kappa shape index (κ2) is 22.2. The Labute approximate surface area is 206 Å². The predicted octanol–water partition coefficient (Wildman–Crippen LogP) is 0.636. The van der Waals surface area contributed by atoms with Crippen molar-refractivity contribution in [3.63, 3.8) is 0 Å². The monoisotopic (exact) mass is 502 g/mol. The number of nitrogens with two attached hydrogens (primary N) is 2. The van der Waals surface area contributed by atoms with Crippen molar-refractivity contribution in [3.05, 3.63) is 29.8 Å². The van der Waals surface area contributed by atoms with Gasteiger partial charge in [0.05, 0.1) is 85.7 Å². The standard InChI is InChI=1S/C23H38N2O10/c24-6-8-29-10-12-31-14-16-33-18-17-32-15-13-30-11-9-28-7-5-22(26)35-21-3-1-20(2-4-21)19-34-23(25)27/h1-4H,5-19,24H2,(H2,25,27). The topological polar surface area (TPSA) is 160 Å². The molecule has 0 spiro atoms. The van der Waals surface area contributed by atoms with Crippen molar-refractivity contribution in [2.45, 2.75) is 13.0 Å². The van der Waals surface area contributed by atoms with E-state index in [0.717, 1.165) is 5.56 Å². The lowest BCUT2D eigenvalue weighted by Gasteiger charge is -2.08. The van der Waals surface area contributed by atoms with Crippen LogP contribution in [0.5, 0.6) is 5.75 Å². The van der Waals surface area contributed by atoms with Crippen molar-refractivity contribution in [2.24, 2.45) is 11.5 Å². The summed E-state index contributed by atoms with van der Waals surface area (Å²) in [5.41, 5.74) is 10.9. The highest BCUT2D eigenvalue weighted by atomic mass is 16.6. The molecule has 0 aromatic heterocycles. The maximum atomic E-state index is 11.8. The largest absolute Gasteiger partial charge is 0.445 e. The molecule has 0 unspecified atom stereocenters. The third-order valence-corrected chi connectivity index (χ3v) is 4.11. The number of primary amides is 1. The quantitative estimate of drug-likeness (QED) is 0.123. The minimum atomic E-state index is -0.847. The van der Waals surface area contributed by atoms with Crippen LogP contribution >= 0.6 is 0 Å². The van der Waals surface area contributed by atoms with Gasteiger partial charge in [0.15, 0.2) is 0 Å². The molecule has 0 bridgehead atoms. The Hall–Kier alpha value is -2.32. The lowest BCUT2D eigenvalue weighted by Crippen LogP contribution is -2.15. The highest BCUT2D eigenvalue weighted by Gasteiger charge is 2.06. The Kier molecular flexibility index (Phi) is 19.4. The molecular weight excluding hydrogens is 464 g/mol.